The number of carboxylic acid groups (broad SMARTS) is 1. The summed E-state index contributed by atoms with van der Waals surface area (Å²) in [4.78, 5) is 10.8. The van der Waals surface area contributed by atoms with Gasteiger partial charge in [-0.25, -0.2) is 0 Å². The van der Waals surface area contributed by atoms with Gasteiger partial charge >= 0.3 is 5.97 Å². The molecule has 0 bridgehead atoms. The van der Waals surface area contributed by atoms with Crippen LogP contribution in [0.25, 0.3) is 0 Å². The van der Waals surface area contributed by atoms with E-state index in [2.05, 4.69) is 19.2 Å². The minimum absolute atomic E-state index is 0.191. The summed E-state index contributed by atoms with van der Waals surface area (Å²) in [6.45, 7) is 8.89. The average molecular weight is 187 g/mol. The van der Waals surface area contributed by atoms with Crippen LogP contribution in [0.4, 0.5) is 0 Å². The molecule has 0 heterocycles. The first-order chi connectivity index (χ1) is 5.99. The Morgan fingerprint density at radius 3 is 2.23 bits per heavy atom. The lowest BCUT2D eigenvalue weighted by atomic mass is 9.99. The number of hydrogen-bond acceptors (Lipinski definition) is 2. The SMILES string of the molecule is CC[C@H](C)[C@H](NCC(C)C)C(=O)O. The van der Waals surface area contributed by atoms with Crippen LogP contribution in [0, 0.1) is 11.8 Å². The summed E-state index contributed by atoms with van der Waals surface area (Å²) in [5.74, 6) is -0.0582. The minimum Gasteiger partial charge on any atom is -0.480 e. The Labute approximate surface area is 80.5 Å². The molecule has 0 spiro atoms. The molecule has 78 valence electrons. The van der Waals surface area contributed by atoms with Gasteiger partial charge in [-0.3, -0.25) is 4.79 Å². The largest absolute Gasteiger partial charge is 0.480 e. The summed E-state index contributed by atoms with van der Waals surface area (Å²) < 4.78 is 0. The molecule has 0 aliphatic carbocycles. The van der Waals surface area contributed by atoms with Gasteiger partial charge in [-0.15, -0.1) is 0 Å². The van der Waals surface area contributed by atoms with Crippen molar-refractivity contribution in [1.29, 1.82) is 0 Å². The van der Waals surface area contributed by atoms with Gasteiger partial charge in [0, 0.05) is 0 Å². The van der Waals surface area contributed by atoms with Crippen LogP contribution < -0.4 is 5.32 Å². The number of hydrogen-bond donors (Lipinski definition) is 2. The van der Waals surface area contributed by atoms with Gasteiger partial charge in [0.15, 0.2) is 0 Å². The van der Waals surface area contributed by atoms with E-state index in [1.165, 1.54) is 0 Å². The molecule has 0 amide bonds. The van der Waals surface area contributed by atoms with Gasteiger partial charge in [0.25, 0.3) is 0 Å². The second-order valence-corrected chi connectivity index (χ2v) is 4.00. The van der Waals surface area contributed by atoms with Gasteiger partial charge in [0.2, 0.25) is 0 Å². The zero-order valence-electron chi connectivity index (χ0n) is 9.00. The van der Waals surface area contributed by atoms with Crippen molar-refractivity contribution in [3.63, 3.8) is 0 Å². The van der Waals surface area contributed by atoms with E-state index in [0.29, 0.717) is 5.92 Å². The summed E-state index contributed by atoms with van der Waals surface area (Å²) in [6, 6.07) is -0.396. The van der Waals surface area contributed by atoms with E-state index < -0.39 is 12.0 Å². The third-order valence-corrected chi connectivity index (χ3v) is 2.23. The smallest absolute Gasteiger partial charge is 0.320 e. The molecule has 0 fully saturated rings. The van der Waals surface area contributed by atoms with Crippen molar-refractivity contribution in [3.05, 3.63) is 0 Å². The molecule has 0 radical (unpaired) electrons. The Hall–Kier alpha value is -0.570. The lowest BCUT2D eigenvalue weighted by Crippen LogP contribution is -2.43. The van der Waals surface area contributed by atoms with Crippen LogP contribution in [0.1, 0.15) is 34.1 Å². The maximum atomic E-state index is 10.8. The van der Waals surface area contributed by atoms with Crippen molar-refractivity contribution in [2.45, 2.75) is 40.2 Å². The van der Waals surface area contributed by atoms with Gasteiger partial charge < -0.3 is 10.4 Å². The van der Waals surface area contributed by atoms with Crippen molar-refractivity contribution in [3.8, 4) is 0 Å². The Morgan fingerprint density at radius 2 is 1.92 bits per heavy atom. The number of aliphatic carboxylic acids is 1. The zero-order valence-corrected chi connectivity index (χ0v) is 9.00. The van der Waals surface area contributed by atoms with E-state index in [-0.39, 0.29) is 5.92 Å². The first kappa shape index (κ1) is 12.4. The van der Waals surface area contributed by atoms with Crippen LogP contribution in [-0.4, -0.2) is 23.7 Å². The molecule has 0 aromatic carbocycles. The standard InChI is InChI=1S/C10H21NO2/c1-5-8(4)9(10(12)13)11-6-7(2)3/h7-9,11H,5-6H2,1-4H3,(H,12,13)/t8-,9-/m0/s1. The molecule has 2 atom stereocenters. The van der Waals surface area contributed by atoms with Crippen molar-refractivity contribution in [1.82, 2.24) is 5.32 Å². The third-order valence-electron chi connectivity index (χ3n) is 2.23. The molecule has 0 aromatic heterocycles. The van der Waals surface area contributed by atoms with Crippen molar-refractivity contribution in [2.75, 3.05) is 6.54 Å². The third kappa shape index (κ3) is 4.88. The lowest BCUT2D eigenvalue weighted by molar-refractivity contribution is -0.140. The maximum absolute atomic E-state index is 10.8. The number of nitrogens with one attached hydrogen (secondary N) is 1. The van der Waals surface area contributed by atoms with Crippen molar-refractivity contribution >= 4 is 5.97 Å². The average Bonchev–Trinajstić information content (AvgIpc) is 2.03. The summed E-state index contributed by atoms with van der Waals surface area (Å²) in [6.07, 6.45) is 0.891. The second-order valence-electron chi connectivity index (χ2n) is 4.00. The summed E-state index contributed by atoms with van der Waals surface area (Å²) in [5, 5.41) is 12.0. The lowest BCUT2D eigenvalue weighted by Gasteiger charge is -2.21. The molecule has 0 aliphatic rings. The monoisotopic (exact) mass is 187 g/mol. The Kier molecular flexibility index (Phi) is 5.71. The van der Waals surface area contributed by atoms with Crippen molar-refractivity contribution in [2.24, 2.45) is 11.8 Å². The minimum atomic E-state index is -0.741. The highest BCUT2D eigenvalue weighted by atomic mass is 16.4. The van der Waals surface area contributed by atoms with Crippen LogP contribution >= 0.6 is 0 Å². The fourth-order valence-corrected chi connectivity index (χ4v) is 1.13. The molecule has 0 aliphatic heterocycles. The highest BCUT2D eigenvalue weighted by Gasteiger charge is 2.22. The van der Waals surface area contributed by atoms with Gasteiger partial charge in [-0.05, 0) is 18.4 Å². The van der Waals surface area contributed by atoms with Gasteiger partial charge in [0.1, 0.15) is 6.04 Å². The first-order valence-corrected chi connectivity index (χ1v) is 4.95. The van der Waals surface area contributed by atoms with Crippen LogP contribution in [0.3, 0.4) is 0 Å². The summed E-state index contributed by atoms with van der Waals surface area (Å²) in [5.41, 5.74) is 0. The molecule has 2 N–H and O–H groups in total. The molecule has 0 unspecified atom stereocenters. The quantitative estimate of drug-likeness (QED) is 0.665. The van der Waals surface area contributed by atoms with Gasteiger partial charge in [-0.1, -0.05) is 34.1 Å². The molecule has 0 rings (SSSR count). The van der Waals surface area contributed by atoms with E-state index >= 15 is 0 Å². The molecular weight excluding hydrogens is 166 g/mol. The fourth-order valence-electron chi connectivity index (χ4n) is 1.13. The van der Waals surface area contributed by atoms with Crippen LogP contribution in [0.2, 0.25) is 0 Å². The zero-order chi connectivity index (χ0) is 10.4. The van der Waals surface area contributed by atoms with E-state index in [9.17, 15) is 4.79 Å². The van der Waals surface area contributed by atoms with Gasteiger partial charge in [-0.2, -0.15) is 0 Å². The second kappa shape index (κ2) is 5.97. The number of carboxylic acids is 1. The van der Waals surface area contributed by atoms with Crippen molar-refractivity contribution < 1.29 is 9.90 Å². The van der Waals surface area contributed by atoms with Gasteiger partial charge in [0.05, 0.1) is 0 Å². The Balaban J connectivity index is 4.02. The fraction of sp³-hybridized carbons (Fsp3) is 0.900. The molecular formula is C10H21NO2. The predicted octanol–water partition coefficient (Wildman–Crippen LogP) is 1.73. The maximum Gasteiger partial charge on any atom is 0.320 e. The molecule has 3 nitrogen and oxygen atoms in total. The highest BCUT2D eigenvalue weighted by molar-refractivity contribution is 5.73. The van der Waals surface area contributed by atoms with Crippen LogP contribution in [0.15, 0.2) is 0 Å². The van der Waals surface area contributed by atoms with Crippen LogP contribution in [0.5, 0.6) is 0 Å². The number of rotatable bonds is 6. The molecule has 3 heteroatoms. The summed E-state index contributed by atoms with van der Waals surface area (Å²) in [7, 11) is 0. The molecule has 0 saturated heterocycles. The normalized spacial score (nSPS) is 15.8. The Bertz CT molecular complexity index is 157. The van der Waals surface area contributed by atoms with Crippen LogP contribution in [-0.2, 0) is 4.79 Å². The molecule has 13 heavy (non-hydrogen) atoms. The topological polar surface area (TPSA) is 49.3 Å². The van der Waals surface area contributed by atoms with E-state index in [1.54, 1.807) is 0 Å². The predicted molar refractivity (Wildman–Crippen MR) is 53.7 cm³/mol. The molecule has 0 saturated carbocycles. The Morgan fingerprint density at radius 1 is 1.38 bits per heavy atom. The van der Waals surface area contributed by atoms with E-state index in [4.69, 9.17) is 5.11 Å². The highest BCUT2D eigenvalue weighted by Crippen LogP contribution is 2.08. The summed E-state index contributed by atoms with van der Waals surface area (Å²) >= 11 is 0. The first-order valence-electron chi connectivity index (χ1n) is 4.95. The van der Waals surface area contributed by atoms with E-state index in [1.807, 2.05) is 13.8 Å². The molecule has 0 aromatic rings. The number of carbonyl (C=O) groups is 1. The van der Waals surface area contributed by atoms with E-state index in [0.717, 1.165) is 13.0 Å².